The number of fused-ring (bicyclic) bond motifs is 1. The molecule has 2 N–H and O–H groups in total. The first-order valence-electron chi connectivity index (χ1n) is 6.70. The molecule has 2 aromatic carbocycles. The Kier molecular flexibility index (Phi) is 4.41. The number of hydrogen-bond acceptors (Lipinski definition) is 2. The van der Waals surface area contributed by atoms with E-state index < -0.39 is 11.9 Å². The third-order valence-corrected chi connectivity index (χ3v) is 3.41. The van der Waals surface area contributed by atoms with Crippen molar-refractivity contribution in [3.8, 4) is 0 Å². The molecule has 0 fully saturated rings. The number of carboxylic acids is 2. The average molecular weight is 296 g/mol. The SMILES string of the molecule is C=C(Cc1ccc2cc(CC(=C)C(=O)O)ccc2c1)C(=O)O. The number of aliphatic carboxylic acids is 2. The molecule has 0 saturated carbocycles. The quantitative estimate of drug-likeness (QED) is 0.803. The maximum absolute atomic E-state index is 10.8. The van der Waals surface area contributed by atoms with Crippen LogP contribution in [0.3, 0.4) is 0 Å². The van der Waals surface area contributed by atoms with Crippen LogP contribution in [0.15, 0.2) is 60.7 Å². The van der Waals surface area contributed by atoms with Crippen LogP contribution < -0.4 is 0 Å². The molecule has 0 heterocycles. The summed E-state index contributed by atoms with van der Waals surface area (Å²) in [5.41, 5.74) is 2.05. The first-order chi connectivity index (χ1) is 10.4. The van der Waals surface area contributed by atoms with Crippen LogP contribution in [0.2, 0.25) is 0 Å². The lowest BCUT2D eigenvalue weighted by atomic mass is 9.98. The summed E-state index contributed by atoms with van der Waals surface area (Å²) >= 11 is 0. The number of rotatable bonds is 6. The summed E-state index contributed by atoms with van der Waals surface area (Å²) in [5.74, 6) is -2.00. The van der Waals surface area contributed by atoms with E-state index in [9.17, 15) is 9.59 Å². The molecule has 4 heteroatoms. The molecule has 0 amide bonds. The first kappa shape index (κ1) is 15.5. The molecule has 0 saturated heterocycles. The van der Waals surface area contributed by atoms with Crippen molar-refractivity contribution in [2.45, 2.75) is 12.8 Å². The van der Waals surface area contributed by atoms with E-state index in [1.165, 1.54) is 0 Å². The molecule has 0 spiro atoms. The molecule has 22 heavy (non-hydrogen) atoms. The normalized spacial score (nSPS) is 10.4. The fourth-order valence-corrected chi connectivity index (χ4v) is 2.21. The van der Waals surface area contributed by atoms with E-state index in [1.807, 2.05) is 36.4 Å². The molecular formula is C18H16O4. The van der Waals surface area contributed by atoms with Gasteiger partial charge < -0.3 is 10.2 Å². The topological polar surface area (TPSA) is 74.6 Å². The molecule has 0 aliphatic carbocycles. The maximum atomic E-state index is 10.8. The Labute approximate surface area is 128 Å². The number of carbonyl (C=O) groups is 2. The van der Waals surface area contributed by atoms with Gasteiger partial charge in [0.25, 0.3) is 0 Å². The molecular weight excluding hydrogens is 280 g/mol. The summed E-state index contributed by atoms with van der Waals surface area (Å²) in [6.45, 7) is 7.06. The van der Waals surface area contributed by atoms with E-state index in [0.717, 1.165) is 21.9 Å². The summed E-state index contributed by atoms with van der Waals surface area (Å²) in [6, 6.07) is 11.3. The minimum absolute atomic E-state index is 0.147. The van der Waals surface area contributed by atoms with Crippen molar-refractivity contribution in [1.82, 2.24) is 0 Å². The largest absolute Gasteiger partial charge is 0.478 e. The Morgan fingerprint density at radius 1 is 0.773 bits per heavy atom. The lowest BCUT2D eigenvalue weighted by Gasteiger charge is -2.07. The minimum Gasteiger partial charge on any atom is -0.478 e. The predicted octanol–water partition coefficient (Wildman–Crippen LogP) is 3.21. The lowest BCUT2D eigenvalue weighted by Crippen LogP contribution is -2.02. The Morgan fingerprint density at radius 2 is 1.14 bits per heavy atom. The Hall–Kier alpha value is -2.88. The van der Waals surface area contributed by atoms with Gasteiger partial charge in [-0.3, -0.25) is 0 Å². The van der Waals surface area contributed by atoms with Crippen LogP contribution in [0.25, 0.3) is 10.8 Å². The monoisotopic (exact) mass is 296 g/mol. The predicted molar refractivity (Wildman–Crippen MR) is 84.9 cm³/mol. The highest BCUT2D eigenvalue weighted by atomic mass is 16.4. The minimum atomic E-state index is -0.998. The molecule has 0 atom stereocenters. The van der Waals surface area contributed by atoms with Crippen molar-refractivity contribution in [3.63, 3.8) is 0 Å². The van der Waals surface area contributed by atoms with E-state index in [-0.39, 0.29) is 11.1 Å². The summed E-state index contributed by atoms with van der Waals surface area (Å²) in [5, 5.41) is 19.7. The maximum Gasteiger partial charge on any atom is 0.331 e. The Morgan fingerprint density at radius 3 is 1.45 bits per heavy atom. The van der Waals surface area contributed by atoms with Crippen LogP contribution in [-0.2, 0) is 22.4 Å². The van der Waals surface area contributed by atoms with E-state index in [0.29, 0.717) is 12.8 Å². The summed E-state index contributed by atoms with van der Waals surface area (Å²) < 4.78 is 0. The van der Waals surface area contributed by atoms with Crippen molar-refractivity contribution in [3.05, 3.63) is 71.8 Å². The zero-order chi connectivity index (χ0) is 16.3. The zero-order valence-corrected chi connectivity index (χ0v) is 12.0. The number of carboxylic acid groups (broad SMARTS) is 2. The zero-order valence-electron chi connectivity index (χ0n) is 12.0. The molecule has 2 aromatic rings. The number of benzene rings is 2. The molecule has 0 radical (unpaired) electrons. The molecule has 112 valence electrons. The third-order valence-electron chi connectivity index (χ3n) is 3.41. The molecule has 0 aliphatic heterocycles. The molecule has 0 bridgehead atoms. The van der Waals surface area contributed by atoms with Crippen LogP contribution in [0.4, 0.5) is 0 Å². The second kappa shape index (κ2) is 6.26. The van der Waals surface area contributed by atoms with E-state index in [2.05, 4.69) is 13.2 Å². The fraction of sp³-hybridized carbons (Fsp3) is 0.111. The highest BCUT2D eigenvalue weighted by Crippen LogP contribution is 2.21. The van der Waals surface area contributed by atoms with Crippen LogP contribution in [0.1, 0.15) is 11.1 Å². The Bertz CT molecular complexity index is 720. The Balaban J connectivity index is 2.25. The third kappa shape index (κ3) is 3.61. The van der Waals surface area contributed by atoms with Gasteiger partial charge in [-0.2, -0.15) is 0 Å². The van der Waals surface area contributed by atoms with Crippen LogP contribution >= 0.6 is 0 Å². The van der Waals surface area contributed by atoms with E-state index in [1.54, 1.807) is 0 Å². The van der Waals surface area contributed by atoms with Crippen molar-refractivity contribution in [1.29, 1.82) is 0 Å². The molecule has 4 nitrogen and oxygen atoms in total. The van der Waals surface area contributed by atoms with Crippen molar-refractivity contribution in [2.24, 2.45) is 0 Å². The van der Waals surface area contributed by atoms with E-state index in [4.69, 9.17) is 10.2 Å². The fourth-order valence-electron chi connectivity index (χ4n) is 2.21. The van der Waals surface area contributed by atoms with Crippen LogP contribution in [-0.4, -0.2) is 22.2 Å². The second-order valence-corrected chi connectivity index (χ2v) is 5.19. The molecule has 2 rings (SSSR count). The van der Waals surface area contributed by atoms with Crippen LogP contribution in [0.5, 0.6) is 0 Å². The van der Waals surface area contributed by atoms with Gasteiger partial charge >= 0.3 is 11.9 Å². The van der Waals surface area contributed by atoms with Crippen molar-refractivity contribution in [2.75, 3.05) is 0 Å². The summed E-state index contributed by atoms with van der Waals surface area (Å²) in [7, 11) is 0. The molecule has 0 aliphatic rings. The van der Waals surface area contributed by atoms with Gasteiger partial charge in [0.2, 0.25) is 0 Å². The van der Waals surface area contributed by atoms with Gasteiger partial charge in [0.1, 0.15) is 0 Å². The second-order valence-electron chi connectivity index (χ2n) is 5.19. The lowest BCUT2D eigenvalue weighted by molar-refractivity contribution is -0.133. The van der Waals surface area contributed by atoms with Gasteiger partial charge in [0.15, 0.2) is 0 Å². The van der Waals surface area contributed by atoms with Gasteiger partial charge in [-0.1, -0.05) is 49.6 Å². The first-order valence-corrected chi connectivity index (χ1v) is 6.70. The standard InChI is InChI=1S/C18H16O4/c1-11(17(19)20)7-13-3-5-16-10-14(4-6-15(16)9-13)8-12(2)18(21)22/h3-6,9-10H,1-2,7-8H2,(H,19,20)(H,21,22). The average Bonchev–Trinajstić information content (AvgIpc) is 2.47. The molecule has 0 unspecified atom stereocenters. The van der Waals surface area contributed by atoms with Crippen molar-refractivity contribution < 1.29 is 19.8 Å². The van der Waals surface area contributed by atoms with Crippen LogP contribution in [0, 0.1) is 0 Å². The van der Waals surface area contributed by atoms with Crippen molar-refractivity contribution >= 4 is 22.7 Å². The van der Waals surface area contributed by atoms with Gasteiger partial charge in [-0.05, 0) is 21.9 Å². The molecule has 0 aromatic heterocycles. The van der Waals surface area contributed by atoms with Gasteiger partial charge in [-0.25, -0.2) is 9.59 Å². The number of hydrogen-bond donors (Lipinski definition) is 2. The highest BCUT2D eigenvalue weighted by Gasteiger charge is 2.08. The smallest absolute Gasteiger partial charge is 0.331 e. The summed E-state index contributed by atoms with van der Waals surface area (Å²) in [6.07, 6.45) is 0.589. The van der Waals surface area contributed by atoms with E-state index >= 15 is 0 Å². The van der Waals surface area contributed by atoms with Gasteiger partial charge in [-0.15, -0.1) is 0 Å². The highest BCUT2D eigenvalue weighted by molar-refractivity contribution is 5.88. The van der Waals surface area contributed by atoms with Gasteiger partial charge in [0, 0.05) is 24.0 Å². The summed E-state index contributed by atoms with van der Waals surface area (Å²) in [4.78, 5) is 21.6. The van der Waals surface area contributed by atoms with Gasteiger partial charge in [0.05, 0.1) is 0 Å².